The standard InChI is InChI=1S/C19H19F3N2O3/c20-19(21,22)27-17-8-6-14(7-9-17)23-18(25)24-12-10-16(11-13-24)26-15-4-2-1-3-5-15/h1-9,16H,10-13H2,(H,23,25). The van der Waals surface area contributed by atoms with Crippen LogP contribution in [0.15, 0.2) is 54.6 Å². The van der Waals surface area contributed by atoms with Crippen molar-refractivity contribution in [1.82, 2.24) is 4.90 Å². The summed E-state index contributed by atoms with van der Waals surface area (Å²) in [5.41, 5.74) is 0.400. The van der Waals surface area contributed by atoms with Crippen LogP contribution in [0.1, 0.15) is 12.8 Å². The number of hydrogen-bond acceptors (Lipinski definition) is 3. The number of alkyl halides is 3. The van der Waals surface area contributed by atoms with Crippen molar-refractivity contribution in [2.45, 2.75) is 25.3 Å². The maximum atomic E-state index is 12.3. The highest BCUT2D eigenvalue weighted by molar-refractivity contribution is 5.89. The Morgan fingerprint density at radius 1 is 0.963 bits per heavy atom. The Morgan fingerprint density at radius 3 is 2.19 bits per heavy atom. The maximum absolute atomic E-state index is 12.3. The predicted octanol–water partition coefficient (Wildman–Crippen LogP) is 4.66. The van der Waals surface area contributed by atoms with Crippen molar-refractivity contribution in [1.29, 1.82) is 0 Å². The van der Waals surface area contributed by atoms with E-state index in [1.165, 1.54) is 12.1 Å². The third-order valence-corrected chi connectivity index (χ3v) is 4.11. The Morgan fingerprint density at radius 2 is 1.59 bits per heavy atom. The summed E-state index contributed by atoms with van der Waals surface area (Å²) >= 11 is 0. The average molecular weight is 380 g/mol. The van der Waals surface area contributed by atoms with Gasteiger partial charge in [-0.1, -0.05) is 18.2 Å². The van der Waals surface area contributed by atoms with Gasteiger partial charge >= 0.3 is 12.4 Å². The summed E-state index contributed by atoms with van der Waals surface area (Å²) in [6.45, 7) is 1.08. The highest BCUT2D eigenvalue weighted by Crippen LogP contribution is 2.24. The summed E-state index contributed by atoms with van der Waals surface area (Å²) < 4.78 is 46.2. The zero-order valence-electron chi connectivity index (χ0n) is 14.4. The number of piperidine rings is 1. The lowest BCUT2D eigenvalue weighted by atomic mass is 10.1. The molecule has 0 unspecified atom stereocenters. The molecule has 8 heteroatoms. The topological polar surface area (TPSA) is 50.8 Å². The molecule has 3 rings (SSSR count). The highest BCUT2D eigenvalue weighted by Gasteiger charge is 2.31. The lowest BCUT2D eigenvalue weighted by molar-refractivity contribution is -0.274. The lowest BCUT2D eigenvalue weighted by Crippen LogP contribution is -2.43. The van der Waals surface area contributed by atoms with Gasteiger partial charge in [0, 0.05) is 31.6 Å². The Labute approximate surface area is 154 Å². The van der Waals surface area contributed by atoms with Gasteiger partial charge in [-0.25, -0.2) is 4.79 Å². The van der Waals surface area contributed by atoms with Crippen LogP contribution in [0.3, 0.4) is 0 Å². The van der Waals surface area contributed by atoms with Gasteiger partial charge < -0.3 is 19.7 Å². The van der Waals surface area contributed by atoms with Crippen LogP contribution >= 0.6 is 0 Å². The molecule has 27 heavy (non-hydrogen) atoms. The molecule has 1 aliphatic rings. The molecule has 0 radical (unpaired) electrons. The molecule has 0 aromatic heterocycles. The molecule has 0 atom stereocenters. The van der Waals surface area contributed by atoms with E-state index in [0.717, 1.165) is 17.9 Å². The lowest BCUT2D eigenvalue weighted by Gasteiger charge is -2.32. The van der Waals surface area contributed by atoms with Crippen molar-refractivity contribution in [3.63, 3.8) is 0 Å². The number of likely N-dealkylation sites (tertiary alicyclic amines) is 1. The number of hydrogen-bond donors (Lipinski definition) is 1. The summed E-state index contributed by atoms with van der Waals surface area (Å²) in [4.78, 5) is 14.0. The minimum atomic E-state index is -4.74. The van der Waals surface area contributed by atoms with Gasteiger partial charge in [-0.05, 0) is 36.4 Å². The third kappa shape index (κ3) is 5.80. The van der Waals surface area contributed by atoms with Crippen LogP contribution in [0.25, 0.3) is 0 Å². The normalized spacial score (nSPS) is 15.3. The van der Waals surface area contributed by atoms with Crippen LogP contribution in [-0.4, -0.2) is 36.5 Å². The van der Waals surface area contributed by atoms with E-state index in [0.29, 0.717) is 31.6 Å². The van der Waals surface area contributed by atoms with Crippen LogP contribution in [0, 0.1) is 0 Å². The summed E-state index contributed by atoms with van der Waals surface area (Å²) in [6.07, 6.45) is -3.27. The van der Waals surface area contributed by atoms with Gasteiger partial charge in [0.25, 0.3) is 0 Å². The van der Waals surface area contributed by atoms with Crippen molar-refractivity contribution >= 4 is 11.7 Å². The molecule has 0 bridgehead atoms. The van der Waals surface area contributed by atoms with Crippen molar-refractivity contribution in [3.8, 4) is 11.5 Å². The van der Waals surface area contributed by atoms with E-state index in [4.69, 9.17) is 4.74 Å². The molecule has 2 aromatic carbocycles. The molecule has 1 aliphatic heterocycles. The van der Waals surface area contributed by atoms with Crippen molar-refractivity contribution < 1.29 is 27.4 Å². The number of halogens is 3. The fourth-order valence-electron chi connectivity index (χ4n) is 2.81. The number of amides is 2. The van der Waals surface area contributed by atoms with E-state index in [2.05, 4.69) is 10.1 Å². The van der Waals surface area contributed by atoms with Crippen LogP contribution in [0.4, 0.5) is 23.7 Å². The first kappa shape index (κ1) is 18.9. The number of carbonyl (C=O) groups excluding carboxylic acids is 1. The van der Waals surface area contributed by atoms with Gasteiger partial charge in [0.05, 0.1) is 0 Å². The molecule has 144 valence electrons. The first-order valence-electron chi connectivity index (χ1n) is 8.52. The number of para-hydroxylation sites is 1. The van der Waals surface area contributed by atoms with Crippen molar-refractivity contribution in [3.05, 3.63) is 54.6 Å². The second-order valence-corrected chi connectivity index (χ2v) is 6.12. The van der Waals surface area contributed by atoms with Crippen LogP contribution in [0.2, 0.25) is 0 Å². The van der Waals surface area contributed by atoms with E-state index in [9.17, 15) is 18.0 Å². The largest absolute Gasteiger partial charge is 0.573 e. The number of nitrogens with one attached hydrogen (secondary N) is 1. The molecule has 2 aromatic rings. The number of urea groups is 1. The van der Waals surface area contributed by atoms with E-state index in [-0.39, 0.29) is 17.9 Å². The molecule has 0 saturated carbocycles. The smallest absolute Gasteiger partial charge is 0.490 e. The third-order valence-electron chi connectivity index (χ3n) is 4.11. The monoisotopic (exact) mass is 380 g/mol. The number of carbonyl (C=O) groups is 1. The molecule has 0 aliphatic carbocycles. The zero-order valence-corrected chi connectivity index (χ0v) is 14.4. The van der Waals surface area contributed by atoms with Crippen LogP contribution < -0.4 is 14.8 Å². The molecular weight excluding hydrogens is 361 g/mol. The number of ether oxygens (including phenoxy) is 2. The van der Waals surface area contributed by atoms with Gasteiger partial charge in [-0.2, -0.15) is 0 Å². The summed E-state index contributed by atoms with van der Waals surface area (Å²) in [5.74, 6) is 0.473. The molecule has 2 amide bonds. The zero-order chi connectivity index (χ0) is 19.3. The minimum absolute atomic E-state index is 0.0512. The van der Waals surface area contributed by atoms with Gasteiger partial charge in [-0.15, -0.1) is 13.2 Å². The molecule has 1 fully saturated rings. The Kier molecular flexibility index (Phi) is 5.73. The van der Waals surface area contributed by atoms with Gasteiger partial charge in [0.2, 0.25) is 0 Å². The van der Waals surface area contributed by atoms with Crippen molar-refractivity contribution in [2.75, 3.05) is 18.4 Å². The molecule has 5 nitrogen and oxygen atoms in total. The molecule has 0 spiro atoms. The first-order chi connectivity index (χ1) is 12.9. The Hall–Kier alpha value is -2.90. The quantitative estimate of drug-likeness (QED) is 0.839. The van der Waals surface area contributed by atoms with Crippen molar-refractivity contribution in [2.24, 2.45) is 0 Å². The highest BCUT2D eigenvalue weighted by atomic mass is 19.4. The SMILES string of the molecule is O=C(Nc1ccc(OC(F)(F)F)cc1)N1CCC(Oc2ccccc2)CC1. The Balaban J connectivity index is 1.46. The molecule has 1 heterocycles. The number of nitrogens with zero attached hydrogens (tertiary/aromatic N) is 1. The fraction of sp³-hybridized carbons (Fsp3) is 0.316. The summed E-state index contributed by atoms with van der Waals surface area (Å²) in [7, 11) is 0. The van der Waals surface area contributed by atoms with Crippen LogP contribution in [-0.2, 0) is 0 Å². The molecule has 1 saturated heterocycles. The Bertz CT molecular complexity index is 743. The summed E-state index contributed by atoms with van der Waals surface area (Å²) in [6, 6.07) is 14.3. The molecule has 1 N–H and O–H groups in total. The van der Waals surface area contributed by atoms with E-state index < -0.39 is 6.36 Å². The van der Waals surface area contributed by atoms with E-state index in [1.807, 2.05) is 30.3 Å². The van der Waals surface area contributed by atoms with Gasteiger partial charge in [0.1, 0.15) is 17.6 Å². The van der Waals surface area contributed by atoms with Gasteiger partial charge in [-0.3, -0.25) is 0 Å². The van der Waals surface area contributed by atoms with E-state index >= 15 is 0 Å². The first-order valence-corrected chi connectivity index (χ1v) is 8.52. The fourth-order valence-corrected chi connectivity index (χ4v) is 2.81. The maximum Gasteiger partial charge on any atom is 0.573 e. The second-order valence-electron chi connectivity index (χ2n) is 6.12. The van der Waals surface area contributed by atoms with Crippen LogP contribution in [0.5, 0.6) is 11.5 Å². The predicted molar refractivity (Wildman–Crippen MR) is 93.8 cm³/mol. The van der Waals surface area contributed by atoms with Gasteiger partial charge in [0.15, 0.2) is 0 Å². The molecular formula is C19H19F3N2O3. The minimum Gasteiger partial charge on any atom is -0.490 e. The average Bonchev–Trinajstić information content (AvgIpc) is 2.63. The number of anilines is 1. The van der Waals surface area contributed by atoms with E-state index in [1.54, 1.807) is 4.90 Å². The number of rotatable bonds is 4. The number of benzene rings is 2. The second kappa shape index (κ2) is 8.20. The summed E-state index contributed by atoms with van der Waals surface area (Å²) in [5, 5.41) is 2.68.